The van der Waals surface area contributed by atoms with Crippen LogP contribution in [0.5, 0.6) is 5.75 Å². The van der Waals surface area contributed by atoms with Crippen molar-refractivity contribution in [2.24, 2.45) is 0 Å². The minimum absolute atomic E-state index is 0.105. The highest BCUT2D eigenvalue weighted by atomic mass is 32.2. The molecule has 0 bridgehead atoms. The lowest BCUT2D eigenvalue weighted by atomic mass is 10.2. The van der Waals surface area contributed by atoms with E-state index in [1.165, 1.54) is 24.3 Å². The van der Waals surface area contributed by atoms with Crippen LogP contribution < -0.4 is 20.1 Å². The molecule has 0 radical (unpaired) electrons. The number of hydrogen-bond acceptors (Lipinski definition) is 5. The molecule has 0 spiro atoms. The number of hydrogen-bond donors (Lipinski definition) is 3. The van der Waals surface area contributed by atoms with Crippen LogP contribution in [-0.2, 0) is 14.8 Å². The van der Waals surface area contributed by atoms with Gasteiger partial charge in [-0.1, -0.05) is 0 Å². The quantitative estimate of drug-likeness (QED) is 0.576. The first-order valence-corrected chi connectivity index (χ1v) is 10.6. The van der Waals surface area contributed by atoms with E-state index < -0.39 is 15.9 Å². The molecule has 0 heterocycles. The molecule has 0 aliphatic rings. The Morgan fingerprint density at radius 3 is 2.17 bits per heavy atom. The number of amides is 2. The third kappa shape index (κ3) is 6.88. The van der Waals surface area contributed by atoms with E-state index in [2.05, 4.69) is 15.4 Å². The summed E-state index contributed by atoms with van der Waals surface area (Å²) in [6, 6.07) is 12.1. The van der Waals surface area contributed by atoms with Crippen LogP contribution in [0.25, 0.3) is 0 Å². The SMILES string of the molecule is CCOc1ccc(C(=O)NCC(=O)Nc2ccc(S(=O)(=O)NC(C)C)cc2)cc1. The third-order valence-electron chi connectivity index (χ3n) is 3.68. The number of anilines is 1. The fourth-order valence-electron chi connectivity index (χ4n) is 2.43. The molecule has 0 atom stereocenters. The van der Waals surface area contributed by atoms with Gasteiger partial charge < -0.3 is 15.4 Å². The first-order valence-electron chi connectivity index (χ1n) is 9.14. The maximum atomic E-state index is 12.1. The van der Waals surface area contributed by atoms with E-state index in [0.29, 0.717) is 23.6 Å². The van der Waals surface area contributed by atoms with Crippen molar-refractivity contribution >= 4 is 27.5 Å². The first-order chi connectivity index (χ1) is 13.7. The van der Waals surface area contributed by atoms with E-state index >= 15 is 0 Å². The molecule has 0 aliphatic carbocycles. The van der Waals surface area contributed by atoms with E-state index in [1.807, 2.05) is 6.92 Å². The van der Waals surface area contributed by atoms with E-state index in [9.17, 15) is 18.0 Å². The fraction of sp³-hybridized carbons (Fsp3) is 0.300. The van der Waals surface area contributed by atoms with E-state index in [-0.39, 0.29) is 23.4 Å². The summed E-state index contributed by atoms with van der Waals surface area (Å²) >= 11 is 0. The second kappa shape index (κ2) is 10.0. The third-order valence-corrected chi connectivity index (χ3v) is 5.35. The summed E-state index contributed by atoms with van der Waals surface area (Å²) in [5.74, 6) is -0.152. The fourth-order valence-corrected chi connectivity index (χ4v) is 3.68. The summed E-state index contributed by atoms with van der Waals surface area (Å²) in [7, 11) is -3.59. The average molecular weight is 420 g/mol. The zero-order valence-electron chi connectivity index (χ0n) is 16.6. The lowest BCUT2D eigenvalue weighted by Gasteiger charge is -2.11. The number of nitrogens with one attached hydrogen (secondary N) is 3. The molecular formula is C20H25N3O5S. The molecule has 156 valence electrons. The van der Waals surface area contributed by atoms with Gasteiger partial charge in [0.25, 0.3) is 5.91 Å². The number of ether oxygens (including phenoxy) is 1. The maximum Gasteiger partial charge on any atom is 0.251 e. The van der Waals surface area contributed by atoms with Crippen LogP contribution in [-0.4, -0.2) is 39.4 Å². The summed E-state index contributed by atoms with van der Waals surface area (Å²) in [6.45, 7) is 5.64. The largest absolute Gasteiger partial charge is 0.494 e. The standard InChI is InChI=1S/C20H25N3O5S/c1-4-28-17-9-5-15(6-10-17)20(25)21-13-19(24)22-16-7-11-18(12-8-16)29(26,27)23-14(2)3/h5-12,14,23H,4,13H2,1-3H3,(H,21,25)(H,22,24). The molecule has 2 rings (SSSR count). The lowest BCUT2D eigenvalue weighted by Crippen LogP contribution is -2.32. The Labute approximate surface area is 170 Å². The van der Waals surface area contributed by atoms with Crippen LogP contribution in [0, 0.1) is 0 Å². The molecule has 2 aromatic rings. The Kier molecular flexibility index (Phi) is 7.74. The van der Waals surface area contributed by atoms with Gasteiger partial charge in [0.15, 0.2) is 0 Å². The lowest BCUT2D eigenvalue weighted by molar-refractivity contribution is -0.115. The zero-order chi connectivity index (χ0) is 21.4. The van der Waals surface area contributed by atoms with Crippen LogP contribution in [0.15, 0.2) is 53.4 Å². The molecule has 0 fully saturated rings. The molecule has 2 amide bonds. The van der Waals surface area contributed by atoms with E-state index in [4.69, 9.17) is 4.74 Å². The smallest absolute Gasteiger partial charge is 0.251 e. The van der Waals surface area contributed by atoms with Gasteiger partial charge in [0.2, 0.25) is 15.9 Å². The van der Waals surface area contributed by atoms with Crippen molar-refractivity contribution in [3.05, 3.63) is 54.1 Å². The van der Waals surface area contributed by atoms with Gasteiger partial charge in [0, 0.05) is 17.3 Å². The van der Waals surface area contributed by atoms with Crippen LogP contribution >= 0.6 is 0 Å². The molecule has 0 unspecified atom stereocenters. The Balaban J connectivity index is 1.88. The number of sulfonamides is 1. The summed E-state index contributed by atoms with van der Waals surface area (Å²) in [6.07, 6.45) is 0. The second-order valence-electron chi connectivity index (χ2n) is 6.49. The normalized spacial score (nSPS) is 11.2. The van der Waals surface area contributed by atoms with Gasteiger partial charge in [-0.3, -0.25) is 9.59 Å². The molecule has 29 heavy (non-hydrogen) atoms. The Morgan fingerprint density at radius 1 is 1.00 bits per heavy atom. The highest BCUT2D eigenvalue weighted by Crippen LogP contribution is 2.14. The minimum Gasteiger partial charge on any atom is -0.494 e. The highest BCUT2D eigenvalue weighted by molar-refractivity contribution is 7.89. The van der Waals surface area contributed by atoms with Gasteiger partial charge >= 0.3 is 0 Å². The summed E-state index contributed by atoms with van der Waals surface area (Å²) < 4.78 is 32.0. The van der Waals surface area contributed by atoms with Crippen LogP contribution in [0.4, 0.5) is 5.69 Å². The van der Waals surface area contributed by atoms with Crippen LogP contribution in [0.2, 0.25) is 0 Å². The number of carbonyl (C=O) groups excluding carboxylic acids is 2. The van der Waals surface area contributed by atoms with E-state index in [0.717, 1.165) is 0 Å². The number of carbonyl (C=O) groups is 2. The van der Waals surface area contributed by atoms with Gasteiger partial charge in [-0.05, 0) is 69.3 Å². The summed E-state index contributed by atoms with van der Waals surface area (Å²) in [5, 5.41) is 5.14. The van der Waals surface area contributed by atoms with Crippen molar-refractivity contribution in [1.29, 1.82) is 0 Å². The molecule has 0 aromatic heterocycles. The molecule has 3 N–H and O–H groups in total. The van der Waals surface area contributed by atoms with Crippen molar-refractivity contribution in [2.75, 3.05) is 18.5 Å². The Morgan fingerprint density at radius 2 is 1.62 bits per heavy atom. The van der Waals surface area contributed by atoms with Gasteiger partial charge in [-0.2, -0.15) is 0 Å². The molecular weight excluding hydrogens is 394 g/mol. The van der Waals surface area contributed by atoms with Gasteiger partial charge in [0.1, 0.15) is 5.75 Å². The maximum absolute atomic E-state index is 12.1. The topological polar surface area (TPSA) is 114 Å². The molecule has 0 aliphatic heterocycles. The van der Waals surface area contributed by atoms with Gasteiger partial charge in [-0.25, -0.2) is 13.1 Å². The van der Waals surface area contributed by atoms with E-state index in [1.54, 1.807) is 38.1 Å². The predicted molar refractivity (Wildman–Crippen MR) is 110 cm³/mol. The Bertz CT molecular complexity index is 939. The number of benzene rings is 2. The first kappa shape index (κ1) is 22.4. The zero-order valence-corrected chi connectivity index (χ0v) is 17.4. The molecule has 2 aromatic carbocycles. The summed E-state index contributed by atoms with van der Waals surface area (Å²) in [5.41, 5.74) is 0.835. The minimum atomic E-state index is -3.59. The number of rotatable bonds is 9. The predicted octanol–water partition coefficient (Wildman–Crippen LogP) is 2.14. The van der Waals surface area contributed by atoms with Crippen molar-refractivity contribution in [3.8, 4) is 5.75 Å². The molecule has 0 saturated carbocycles. The average Bonchev–Trinajstić information content (AvgIpc) is 2.66. The highest BCUT2D eigenvalue weighted by Gasteiger charge is 2.15. The van der Waals surface area contributed by atoms with Crippen molar-refractivity contribution in [2.45, 2.75) is 31.7 Å². The molecule has 9 heteroatoms. The monoisotopic (exact) mass is 419 g/mol. The van der Waals surface area contributed by atoms with Gasteiger partial charge in [0.05, 0.1) is 18.0 Å². The van der Waals surface area contributed by atoms with Crippen molar-refractivity contribution < 1.29 is 22.7 Å². The Hall–Kier alpha value is -2.91. The van der Waals surface area contributed by atoms with Crippen LogP contribution in [0.1, 0.15) is 31.1 Å². The molecule has 8 nitrogen and oxygen atoms in total. The van der Waals surface area contributed by atoms with Gasteiger partial charge in [-0.15, -0.1) is 0 Å². The van der Waals surface area contributed by atoms with Crippen molar-refractivity contribution in [3.63, 3.8) is 0 Å². The van der Waals surface area contributed by atoms with Crippen LogP contribution in [0.3, 0.4) is 0 Å². The van der Waals surface area contributed by atoms with Crippen molar-refractivity contribution in [1.82, 2.24) is 10.0 Å². The summed E-state index contributed by atoms with van der Waals surface area (Å²) in [4.78, 5) is 24.3. The second-order valence-corrected chi connectivity index (χ2v) is 8.20. The molecule has 0 saturated heterocycles.